The zero-order chi connectivity index (χ0) is 9.73. The fourth-order valence-corrected chi connectivity index (χ4v) is 1.82. The zero-order valence-electron chi connectivity index (χ0n) is 7.57. The first-order chi connectivity index (χ1) is 6.08. The molecule has 4 heteroatoms. The molecule has 1 aliphatic rings. The summed E-state index contributed by atoms with van der Waals surface area (Å²) in [4.78, 5) is 0. The molecule has 1 saturated carbocycles. The molecule has 1 nitrogen and oxygen atoms in total. The van der Waals surface area contributed by atoms with E-state index in [-0.39, 0.29) is 6.61 Å². The van der Waals surface area contributed by atoms with Gasteiger partial charge in [-0.05, 0) is 12.3 Å². The van der Waals surface area contributed by atoms with Gasteiger partial charge < -0.3 is 0 Å². The fourth-order valence-electron chi connectivity index (χ4n) is 1.82. The molecule has 78 valence electrons. The van der Waals surface area contributed by atoms with E-state index in [1.54, 1.807) is 0 Å². The van der Waals surface area contributed by atoms with Crippen molar-refractivity contribution in [2.75, 3.05) is 6.61 Å². The Hall–Kier alpha value is -0.250. The molecule has 0 unspecified atom stereocenters. The number of alkyl halides is 3. The van der Waals surface area contributed by atoms with E-state index in [1.165, 1.54) is 6.42 Å². The van der Waals surface area contributed by atoms with Crippen LogP contribution in [0.2, 0.25) is 0 Å². The molecular formula is C9H15F3O. The van der Waals surface area contributed by atoms with Crippen molar-refractivity contribution in [2.45, 2.75) is 44.9 Å². The first kappa shape index (κ1) is 10.8. The summed E-state index contributed by atoms with van der Waals surface area (Å²) in [6.45, 7) is -0.172. The summed E-state index contributed by atoms with van der Waals surface area (Å²) in [6, 6.07) is 0. The van der Waals surface area contributed by atoms with Crippen LogP contribution in [-0.4, -0.2) is 13.0 Å². The molecule has 0 saturated heterocycles. The largest absolute Gasteiger partial charge is 0.522 e. The van der Waals surface area contributed by atoms with Gasteiger partial charge in [0.25, 0.3) is 0 Å². The smallest absolute Gasteiger partial charge is 0.292 e. The van der Waals surface area contributed by atoms with Crippen LogP contribution in [0.25, 0.3) is 0 Å². The third-order valence-electron chi connectivity index (χ3n) is 2.52. The predicted octanol–water partition coefficient (Wildman–Crippen LogP) is 3.49. The summed E-state index contributed by atoms with van der Waals surface area (Å²) in [5, 5.41) is 0. The Kier molecular flexibility index (Phi) is 4.03. The Morgan fingerprint density at radius 2 is 1.69 bits per heavy atom. The summed E-state index contributed by atoms with van der Waals surface area (Å²) >= 11 is 0. The first-order valence-electron chi connectivity index (χ1n) is 4.78. The van der Waals surface area contributed by atoms with Gasteiger partial charge in [0.05, 0.1) is 6.61 Å². The van der Waals surface area contributed by atoms with Gasteiger partial charge in [0, 0.05) is 0 Å². The molecule has 0 radical (unpaired) electrons. The van der Waals surface area contributed by atoms with Crippen molar-refractivity contribution in [3.8, 4) is 0 Å². The van der Waals surface area contributed by atoms with Gasteiger partial charge in [-0.2, -0.15) is 0 Å². The van der Waals surface area contributed by atoms with Crippen LogP contribution in [0.1, 0.15) is 38.5 Å². The van der Waals surface area contributed by atoms with Crippen molar-refractivity contribution >= 4 is 0 Å². The van der Waals surface area contributed by atoms with Gasteiger partial charge in [-0.25, -0.2) is 0 Å². The summed E-state index contributed by atoms with van der Waals surface area (Å²) in [6.07, 6.45) is 1.81. The van der Waals surface area contributed by atoms with Gasteiger partial charge in [0.15, 0.2) is 0 Å². The molecule has 13 heavy (non-hydrogen) atoms. The molecule has 0 atom stereocenters. The van der Waals surface area contributed by atoms with Gasteiger partial charge >= 0.3 is 6.36 Å². The molecular weight excluding hydrogens is 181 g/mol. The second-order valence-corrected chi connectivity index (χ2v) is 3.59. The quantitative estimate of drug-likeness (QED) is 0.671. The van der Waals surface area contributed by atoms with Crippen molar-refractivity contribution < 1.29 is 17.9 Å². The van der Waals surface area contributed by atoms with Gasteiger partial charge in [-0.15, -0.1) is 13.2 Å². The zero-order valence-corrected chi connectivity index (χ0v) is 7.57. The van der Waals surface area contributed by atoms with Crippen LogP contribution in [0, 0.1) is 5.92 Å². The van der Waals surface area contributed by atoms with E-state index in [9.17, 15) is 13.2 Å². The van der Waals surface area contributed by atoms with Crippen molar-refractivity contribution in [3.05, 3.63) is 0 Å². The van der Waals surface area contributed by atoms with Crippen molar-refractivity contribution in [2.24, 2.45) is 5.92 Å². The monoisotopic (exact) mass is 196 g/mol. The molecule has 0 N–H and O–H groups in total. The third kappa shape index (κ3) is 5.13. The minimum Gasteiger partial charge on any atom is -0.292 e. The van der Waals surface area contributed by atoms with Crippen LogP contribution in [0.5, 0.6) is 0 Å². The molecule has 0 heterocycles. The van der Waals surface area contributed by atoms with Crippen LogP contribution in [0.15, 0.2) is 0 Å². The van der Waals surface area contributed by atoms with E-state index in [1.807, 2.05) is 0 Å². The van der Waals surface area contributed by atoms with Gasteiger partial charge in [0.1, 0.15) is 0 Å². The van der Waals surface area contributed by atoms with Gasteiger partial charge in [-0.1, -0.05) is 32.1 Å². The molecule has 0 bridgehead atoms. The number of hydrogen-bond acceptors (Lipinski definition) is 1. The SMILES string of the molecule is FC(F)(F)OCCC1CCCCC1. The van der Waals surface area contributed by atoms with E-state index in [0.29, 0.717) is 12.3 Å². The summed E-state index contributed by atoms with van der Waals surface area (Å²) in [5.41, 5.74) is 0. The Morgan fingerprint density at radius 1 is 1.08 bits per heavy atom. The third-order valence-corrected chi connectivity index (χ3v) is 2.52. The Bertz CT molecular complexity index is 138. The number of hydrogen-bond donors (Lipinski definition) is 0. The highest BCUT2D eigenvalue weighted by molar-refractivity contribution is 4.65. The summed E-state index contributed by atoms with van der Waals surface area (Å²) < 4.78 is 38.5. The van der Waals surface area contributed by atoms with Crippen LogP contribution in [0.3, 0.4) is 0 Å². The van der Waals surface area contributed by atoms with E-state index in [4.69, 9.17) is 0 Å². The maximum absolute atomic E-state index is 11.6. The molecule has 0 aromatic carbocycles. The second-order valence-electron chi connectivity index (χ2n) is 3.59. The van der Waals surface area contributed by atoms with Crippen molar-refractivity contribution in [1.82, 2.24) is 0 Å². The van der Waals surface area contributed by atoms with Gasteiger partial charge in [-0.3, -0.25) is 4.74 Å². The van der Waals surface area contributed by atoms with Gasteiger partial charge in [0.2, 0.25) is 0 Å². The molecule has 1 fully saturated rings. The van der Waals surface area contributed by atoms with Crippen molar-refractivity contribution in [1.29, 1.82) is 0 Å². The highest BCUT2D eigenvalue weighted by Gasteiger charge is 2.29. The second kappa shape index (κ2) is 4.84. The summed E-state index contributed by atoms with van der Waals surface area (Å²) in [5.74, 6) is 0.455. The molecule has 0 aromatic rings. The molecule has 1 rings (SSSR count). The average Bonchev–Trinajstić information content (AvgIpc) is 2.04. The molecule has 0 aliphatic heterocycles. The maximum Gasteiger partial charge on any atom is 0.522 e. The number of ether oxygens (including phenoxy) is 1. The number of rotatable bonds is 3. The standard InChI is InChI=1S/C9H15F3O/c10-9(11,12)13-7-6-8-4-2-1-3-5-8/h8H,1-7H2. The predicted molar refractivity (Wildman–Crippen MR) is 43.2 cm³/mol. The first-order valence-corrected chi connectivity index (χ1v) is 4.78. The van der Waals surface area contributed by atoms with Crippen LogP contribution in [0.4, 0.5) is 13.2 Å². The van der Waals surface area contributed by atoms with Crippen molar-refractivity contribution in [3.63, 3.8) is 0 Å². The van der Waals surface area contributed by atoms with Crippen LogP contribution < -0.4 is 0 Å². The lowest BCUT2D eigenvalue weighted by molar-refractivity contribution is -0.325. The topological polar surface area (TPSA) is 9.23 Å². The molecule has 0 aromatic heterocycles. The normalized spacial score (nSPS) is 20.5. The molecule has 0 amide bonds. The van der Waals surface area contributed by atoms with Crippen LogP contribution in [-0.2, 0) is 4.74 Å². The lowest BCUT2D eigenvalue weighted by atomic mass is 9.87. The molecule has 0 spiro atoms. The summed E-state index contributed by atoms with van der Waals surface area (Å²) in [7, 11) is 0. The number of halogens is 3. The fraction of sp³-hybridized carbons (Fsp3) is 1.00. The average molecular weight is 196 g/mol. The van der Waals surface area contributed by atoms with E-state index in [2.05, 4.69) is 4.74 Å². The van der Waals surface area contributed by atoms with E-state index < -0.39 is 6.36 Å². The lowest BCUT2D eigenvalue weighted by Crippen LogP contribution is -2.17. The lowest BCUT2D eigenvalue weighted by Gasteiger charge is -2.21. The Morgan fingerprint density at radius 3 is 2.23 bits per heavy atom. The van der Waals surface area contributed by atoms with E-state index in [0.717, 1.165) is 25.7 Å². The van der Waals surface area contributed by atoms with E-state index >= 15 is 0 Å². The Balaban J connectivity index is 2.04. The maximum atomic E-state index is 11.6. The Labute approximate surface area is 76.3 Å². The highest BCUT2D eigenvalue weighted by atomic mass is 19.4. The minimum absolute atomic E-state index is 0.172. The van der Waals surface area contributed by atoms with Crippen LogP contribution >= 0.6 is 0 Å². The molecule has 1 aliphatic carbocycles. The minimum atomic E-state index is -4.45. The highest BCUT2D eigenvalue weighted by Crippen LogP contribution is 2.27.